The van der Waals surface area contributed by atoms with Crippen LogP contribution in [0.25, 0.3) is 0 Å². The maximum atomic E-state index is 9.92. The smallest absolute Gasteiger partial charge is 0.198 e. The van der Waals surface area contributed by atoms with Gasteiger partial charge in [0, 0.05) is 6.42 Å². The van der Waals surface area contributed by atoms with Crippen molar-refractivity contribution >= 4 is 6.29 Å². The molecule has 1 heteroatoms. The van der Waals surface area contributed by atoms with E-state index in [2.05, 4.69) is 0 Å². The van der Waals surface area contributed by atoms with Gasteiger partial charge in [0.1, 0.15) is 0 Å². The van der Waals surface area contributed by atoms with Gasteiger partial charge in [-0.3, -0.25) is 4.79 Å². The van der Waals surface area contributed by atoms with Crippen molar-refractivity contribution in [3.8, 4) is 0 Å². The molecule has 1 saturated carbocycles. The van der Waals surface area contributed by atoms with E-state index in [1.807, 2.05) is 6.29 Å². The third kappa shape index (κ3) is 2.51. The lowest BCUT2D eigenvalue weighted by atomic mass is 9.86. The summed E-state index contributed by atoms with van der Waals surface area (Å²) >= 11 is 0. The first-order chi connectivity index (χ1) is 4.93. The number of hydrogen-bond donors (Lipinski definition) is 0. The molecule has 0 aliphatic heterocycles. The van der Waals surface area contributed by atoms with Crippen molar-refractivity contribution in [3.63, 3.8) is 0 Å². The summed E-state index contributed by atoms with van der Waals surface area (Å²) in [6.07, 6.45) is 10.6. The molecular formula is C9H15O. The Balaban J connectivity index is 2.07. The first kappa shape index (κ1) is 7.77. The van der Waals surface area contributed by atoms with E-state index in [0.717, 1.165) is 12.3 Å². The van der Waals surface area contributed by atoms with Crippen LogP contribution in [0, 0.1) is 5.92 Å². The van der Waals surface area contributed by atoms with Gasteiger partial charge < -0.3 is 0 Å². The number of hydrogen-bond acceptors (Lipinski definition) is 1. The van der Waals surface area contributed by atoms with Gasteiger partial charge in [-0.05, 0) is 12.3 Å². The minimum absolute atomic E-state index is 0.657. The van der Waals surface area contributed by atoms with Gasteiger partial charge in [0.05, 0.1) is 0 Å². The van der Waals surface area contributed by atoms with Crippen molar-refractivity contribution < 1.29 is 4.79 Å². The first-order valence-corrected chi connectivity index (χ1v) is 4.28. The third-order valence-corrected chi connectivity index (χ3v) is 2.38. The zero-order valence-electron chi connectivity index (χ0n) is 6.44. The van der Waals surface area contributed by atoms with Crippen molar-refractivity contribution in [2.45, 2.75) is 44.9 Å². The van der Waals surface area contributed by atoms with E-state index in [9.17, 15) is 4.79 Å². The van der Waals surface area contributed by atoms with Crippen LogP contribution in [0.5, 0.6) is 0 Å². The molecule has 0 spiro atoms. The van der Waals surface area contributed by atoms with E-state index in [1.54, 1.807) is 0 Å². The molecule has 1 aliphatic rings. The van der Waals surface area contributed by atoms with Crippen LogP contribution in [0.1, 0.15) is 44.9 Å². The molecule has 0 aromatic carbocycles. The van der Waals surface area contributed by atoms with Gasteiger partial charge >= 0.3 is 0 Å². The summed E-state index contributed by atoms with van der Waals surface area (Å²) in [6, 6.07) is 0. The fraction of sp³-hybridized carbons (Fsp3) is 0.889. The summed E-state index contributed by atoms with van der Waals surface area (Å²) in [7, 11) is 0. The van der Waals surface area contributed by atoms with Crippen LogP contribution < -0.4 is 0 Å². The van der Waals surface area contributed by atoms with Crippen LogP contribution in [-0.4, -0.2) is 6.29 Å². The standard InChI is InChI=1S/C9H15O/c10-8-4-7-9-5-2-1-3-6-9/h9H,1-7H2. The van der Waals surface area contributed by atoms with Gasteiger partial charge in [0.25, 0.3) is 0 Å². The molecule has 1 rings (SSSR count). The highest BCUT2D eigenvalue weighted by molar-refractivity contribution is 5.50. The minimum Gasteiger partial charge on any atom is -0.291 e. The highest BCUT2D eigenvalue weighted by atomic mass is 16.1. The molecule has 0 amide bonds. The fourth-order valence-electron chi connectivity index (χ4n) is 1.74. The molecule has 0 saturated heterocycles. The lowest BCUT2D eigenvalue weighted by Gasteiger charge is -2.19. The number of rotatable bonds is 3. The van der Waals surface area contributed by atoms with E-state index < -0.39 is 0 Å². The highest BCUT2D eigenvalue weighted by Crippen LogP contribution is 2.26. The normalized spacial score (nSPS) is 20.8. The molecule has 0 aromatic heterocycles. The molecule has 0 atom stereocenters. The maximum Gasteiger partial charge on any atom is 0.198 e. The van der Waals surface area contributed by atoms with Crippen LogP contribution >= 0.6 is 0 Å². The Labute approximate surface area is 62.8 Å². The summed E-state index contributed by atoms with van der Waals surface area (Å²) < 4.78 is 0. The Morgan fingerprint density at radius 3 is 2.50 bits per heavy atom. The minimum atomic E-state index is 0.657. The average molecular weight is 139 g/mol. The summed E-state index contributed by atoms with van der Waals surface area (Å²) in [5, 5.41) is 0. The van der Waals surface area contributed by atoms with E-state index >= 15 is 0 Å². The molecule has 10 heavy (non-hydrogen) atoms. The third-order valence-electron chi connectivity index (χ3n) is 2.38. The first-order valence-electron chi connectivity index (χ1n) is 4.28. The monoisotopic (exact) mass is 139 g/mol. The molecular weight excluding hydrogens is 124 g/mol. The predicted molar refractivity (Wildman–Crippen MR) is 41.5 cm³/mol. The largest absolute Gasteiger partial charge is 0.291 e. The van der Waals surface area contributed by atoms with Crippen LogP contribution in [0.15, 0.2) is 0 Å². The van der Waals surface area contributed by atoms with Gasteiger partial charge in [-0.2, -0.15) is 0 Å². The van der Waals surface area contributed by atoms with Gasteiger partial charge in [0.2, 0.25) is 0 Å². The van der Waals surface area contributed by atoms with Crippen molar-refractivity contribution in [1.29, 1.82) is 0 Å². The van der Waals surface area contributed by atoms with Gasteiger partial charge in [-0.25, -0.2) is 0 Å². The Bertz CT molecular complexity index is 92.9. The summed E-state index contributed by atoms with van der Waals surface area (Å²) in [6.45, 7) is 0. The Kier molecular flexibility index (Phi) is 3.48. The molecule has 0 heterocycles. The lowest BCUT2D eigenvalue weighted by Crippen LogP contribution is -2.05. The molecule has 1 radical (unpaired) electrons. The van der Waals surface area contributed by atoms with Crippen LogP contribution in [-0.2, 0) is 4.79 Å². The Morgan fingerprint density at radius 2 is 1.90 bits per heavy atom. The molecule has 57 valence electrons. The van der Waals surface area contributed by atoms with Gasteiger partial charge in [-0.15, -0.1) is 0 Å². The van der Waals surface area contributed by atoms with Crippen molar-refractivity contribution in [2.24, 2.45) is 5.92 Å². The Hall–Kier alpha value is -0.330. The average Bonchev–Trinajstić information content (AvgIpc) is 2.03. The van der Waals surface area contributed by atoms with Crippen LogP contribution in [0.3, 0.4) is 0 Å². The van der Waals surface area contributed by atoms with Gasteiger partial charge in [-0.1, -0.05) is 32.1 Å². The fourth-order valence-corrected chi connectivity index (χ4v) is 1.74. The topological polar surface area (TPSA) is 17.1 Å². The second-order valence-electron chi connectivity index (χ2n) is 3.19. The quantitative estimate of drug-likeness (QED) is 0.587. The zero-order valence-corrected chi connectivity index (χ0v) is 6.44. The summed E-state index contributed by atoms with van der Waals surface area (Å²) in [5.41, 5.74) is 0. The van der Waals surface area contributed by atoms with Gasteiger partial charge in [0.15, 0.2) is 6.29 Å². The summed E-state index contributed by atoms with van der Waals surface area (Å²) in [5.74, 6) is 0.843. The SMILES string of the molecule is O=[C]CCC1CCCCC1. The van der Waals surface area contributed by atoms with E-state index in [1.165, 1.54) is 32.1 Å². The molecule has 1 aliphatic carbocycles. The van der Waals surface area contributed by atoms with E-state index in [-0.39, 0.29) is 0 Å². The molecule has 0 N–H and O–H groups in total. The summed E-state index contributed by atoms with van der Waals surface area (Å²) in [4.78, 5) is 9.92. The second-order valence-corrected chi connectivity index (χ2v) is 3.19. The predicted octanol–water partition coefficient (Wildman–Crippen LogP) is 2.46. The molecule has 0 bridgehead atoms. The van der Waals surface area contributed by atoms with E-state index in [4.69, 9.17) is 0 Å². The van der Waals surface area contributed by atoms with Crippen molar-refractivity contribution in [3.05, 3.63) is 0 Å². The number of carbonyl (C=O) groups excluding carboxylic acids is 1. The molecule has 1 fully saturated rings. The molecule has 0 unspecified atom stereocenters. The highest BCUT2D eigenvalue weighted by Gasteiger charge is 2.11. The Morgan fingerprint density at radius 1 is 1.20 bits per heavy atom. The zero-order chi connectivity index (χ0) is 7.23. The lowest BCUT2D eigenvalue weighted by molar-refractivity contribution is 0.342. The van der Waals surface area contributed by atoms with Crippen LogP contribution in [0.2, 0.25) is 0 Å². The second kappa shape index (κ2) is 4.48. The van der Waals surface area contributed by atoms with Crippen molar-refractivity contribution in [2.75, 3.05) is 0 Å². The van der Waals surface area contributed by atoms with Crippen molar-refractivity contribution in [1.82, 2.24) is 0 Å². The molecule has 1 nitrogen and oxygen atoms in total. The molecule has 0 aromatic rings. The van der Waals surface area contributed by atoms with Crippen LogP contribution in [0.4, 0.5) is 0 Å². The van der Waals surface area contributed by atoms with E-state index in [0.29, 0.717) is 6.42 Å². The maximum absolute atomic E-state index is 9.92.